The van der Waals surface area contributed by atoms with Gasteiger partial charge in [0.25, 0.3) is 0 Å². The van der Waals surface area contributed by atoms with E-state index in [-0.39, 0.29) is 5.41 Å². The van der Waals surface area contributed by atoms with Gasteiger partial charge in [-0.3, -0.25) is 0 Å². The Labute approximate surface area is 153 Å². The molecule has 0 aliphatic carbocycles. The van der Waals surface area contributed by atoms with Crippen LogP contribution in [-0.4, -0.2) is 16.8 Å². The zero-order valence-corrected chi connectivity index (χ0v) is 16.6. The van der Waals surface area contributed by atoms with Crippen LogP contribution in [0.1, 0.15) is 76.5 Å². The lowest BCUT2D eigenvalue weighted by Gasteiger charge is -2.18. The molecule has 1 heterocycles. The average Bonchev–Trinajstić information content (AvgIpc) is 2.90. The van der Waals surface area contributed by atoms with Gasteiger partial charge >= 0.3 is 0 Å². The Kier molecular flexibility index (Phi) is 4.86. The molecule has 25 heavy (non-hydrogen) atoms. The van der Waals surface area contributed by atoms with E-state index in [1.165, 1.54) is 22.4 Å². The fraction of sp³-hybridized carbons (Fsp3) is 0.458. The lowest BCUT2D eigenvalue weighted by molar-refractivity contribution is -0.468. The van der Waals surface area contributed by atoms with E-state index in [1.807, 2.05) is 0 Å². The van der Waals surface area contributed by atoms with Gasteiger partial charge < -0.3 is 0 Å². The monoisotopic (exact) mass is 334 g/mol. The number of para-hydroxylation sites is 1. The Morgan fingerprint density at radius 1 is 0.880 bits per heavy atom. The molecule has 0 saturated heterocycles. The van der Waals surface area contributed by atoms with Crippen molar-refractivity contribution < 1.29 is 4.58 Å². The van der Waals surface area contributed by atoms with Gasteiger partial charge in [0, 0.05) is 17.5 Å². The second-order valence-electron chi connectivity index (χ2n) is 8.47. The van der Waals surface area contributed by atoms with Gasteiger partial charge in [0.1, 0.15) is 0 Å². The standard InChI is InChI=1S/C24H32N/c1-17(2)21-13-10-14-22(18(3)4)23(21)25-16-24(6,15-19(25)5)20-11-8-7-9-12-20/h7-14,16-19H,15H2,1-6H3/q+1/t19-,24-/m1/s1. The van der Waals surface area contributed by atoms with E-state index in [4.69, 9.17) is 0 Å². The molecule has 1 heteroatoms. The highest BCUT2D eigenvalue weighted by Crippen LogP contribution is 2.41. The van der Waals surface area contributed by atoms with Crippen molar-refractivity contribution in [2.75, 3.05) is 0 Å². The Balaban J connectivity index is 2.18. The van der Waals surface area contributed by atoms with Crippen molar-refractivity contribution in [3.63, 3.8) is 0 Å². The second-order valence-corrected chi connectivity index (χ2v) is 8.47. The molecule has 0 N–H and O–H groups in total. The number of nitrogens with zero attached hydrogens (tertiary/aromatic N) is 1. The van der Waals surface area contributed by atoms with Crippen molar-refractivity contribution in [2.24, 2.45) is 0 Å². The number of benzene rings is 2. The molecule has 2 atom stereocenters. The van der Waals surface area contributed by atoms with E-state index >= 15 is 0 Å². The molecule has 1 aliphatic rings. The summed E-state index contributed by atoms with van der Waals surface area (Å²) in [6.45, 7) is 14.0. The summed E-state index contributed by atoms with van der Waals surface area (Å²) in [6.07, 6.45) is 3.64. The maximum Gasteiger partial charge on any atom is 0.212 e. The molecule has 0 radical (unpaired) electrons. The Morgan fingerprint density at radius 2 is 1.44 bits per heavy atom. The topological polar surface area (TPSA) is 3.01 Å². The first-order valence-electron chi connectivity index (χ1n) is 9.66. The summed E-state index contributed by atoms with van der Waals surface area (Å²) in [5.74, 6) is 1.05. The molecule has 0 fully saturated rings. The van der Waals surface area contributed by atoms with E-state index in [0.717, 1.165) is 6.42 Å². The summed E-state index contributed by atoms with van der Waals surface area (Å²) in [5, 5.41) is 0. The molecule has 3 rings (SSSR count). The van der Waals surface area contributed by atoms with Crippen LogP contribution in [0.3, 0.4) is 0 Å². The third kappa shape index (κ3) is 3.29. The van der Waals surface area contributed by atoms with Gasteiger partial charge in [-0.2, -0.15) is 4.58 Å². The van der Waals surface area contributed by atoms with Gasteiger partial charge in [0.2, 0.25) is 5.69 Å². The Hall–Kier alpha value is -1.89. The highest BCUT2D eigenvalue weighted by molar-refractivity contribution is 5.73. The number of hydrogen-bond donors (Lipinski definition) is 0. The van der Waals surface area contributed by atoms with Crippen LogP contribution >= 0.6 is 0 Å². The predicted molar refractivity (Wildman–Crippen MR) is 108 cm³/mol. The van der Waals surface area contributed by atoms with Crippen LogP contribution in [0.5, 0.6) is 0 Å². The van der Waals surface area contributed by atoms with E-state index < -0.39 is 0 Å². The zero-order chi connectivity index (χ0) is 18.2. The molecule has 2 aromatic rings. The van der Waals surface area contributed by atoms with Gasteiger partial charge in [0.05, 0.1) is 5.41 Å². The molecule has 0 aromatic heterocycles. The average molecular weight is 335 g/mol. The zero-order valence-electron chi connectivity index (χ0n) is 16.6. The minimum Gasteiger partial charge on any atom is -0.199 e. The third-order valence-corrected chi connectivity index (χ3v) is 5.65. The normalized spacial score (nSPS) is 23.4. The summed E-state index contributed by atoms with van der Waals surface area (Å²) in [7, 11) is 0. The molecule has 0 unspecified atom stereocenters. The van der Waals surface area contributed by atoms with E-state index in [9.17, 15) is 0 Å². The minimum absolute atomic E-state index is 0.0962. The van der Waals surface area contributed by atoms with Crippen molar-refractivity contribution >= 4 is 11.9 Å². The second kappa shape index (κ2) is 6.78. The molecule has 0 amide bonds. The van der Waals surface area contributed by atoms with Crippen molar-refractivity contribution in [3.8, 4) is 0 Å². The van der Waals surface area contributed by atoms with E-state index in [1.54, 1.807) is 0 Å². The van der Waals surface area contributed by atoms with E-state index in [0.29, 0.717) is 17.9 Å². The highest BCUT2D eigenvalue weighted by Gasteiger charge is 2.43. The summed E-state index contributed by atoms with van der Waals surface area (Å²) in [6, 6.07) is 18.3. The van der Waals surface area contributed by atoms with Crippen LogP contribution in [0.25, 0.3) is 0 Å². The molecule has 2 aromatic carbocycles. The maximum atomic E-state index is 2.57. The first kappa shape index (κ1) is 17.9. The van der Waals surface area contributed by atoms with Crippen molar-refractivity contribution in [1.29, 1.82) is 0 Å². The fourth-order valence-electron chi connectivity index (χ4n) is 4.31. The maximum absolute atomic E-state index is 2.57. The molecule has 1 aliphatic heterocycles. The van der Waals surface area contributed by atoms with Gasteiger partial charge in [-0.1, -0.05) is 76.2 Å². The van der Waals surface area contributed by atoms with Crippen molar-refractivity contribution in [1.82, 2.24) is 0 Å². The first-order valence-corrected chi connectivity index (χ1v) is 9.66. The first-order chi connectivity index (χ1) is 11.8. The SMILES string of the molecule is CC(C)c1cccc(C(C)C)c1[N+]1=C[C@](C)(c2ccccc2)C[C@H]1C. The van der Waals surface area contributed by atoms with Crippen LogP contribution in [-0.2, 0) is 5.41 Å². The summed E-state index contributed by atoms with van der Waals surface area (Å²) < 4.78 is 2.57. The number of rotatable bonds is 4. The minimum atomic E-state index is 0.0962. The number of hydrogen-bond acceptors (Lipinski definition) is 0. The van der Waals surface area contributed by atoms with Gasteiger partial charge in [-0.25, -0.2) is 0 Å². The molecular formula is C24H32N+. The van der Waals surface area contributed by atoms with Crippen LogP contribution < -0.4 is 0 Å². The molecule has 0 spiro atoms. The molecule has 0 bridgehead atoms. The lowest BCUT2D eigenvalue weighted by Crippen LogP contribution is -2.21. The largest absolute Gasteiger partial charge is 0.212 e. The fourth-order valence-corrected chi connectivity index (χ4v) is 4.31. The lowest BCUT2D eigenvalue weighted by atomic mass is 9.81. The van der Waals surface area contributed by atoms with Crippen molar-refractivity contribution in [2.45, 2.75) is 71.3 Å². The van der Waals surface area contributed by atoms with Gasteiger partial charge in [0.15, 0.2) is 12.3 Å². The Morgan fingerprint density at radius 3 is 1.96 bits per heavy atom. The van der Waals surface area contributed by atoms with Crippen LogP contribution in [0.4, 0.5) is 5.69 Å². The molecule has 132 valence electrons. The highest BCUT2D eigenvalue weighted by atomic mass is 15.1. The van der Waals surface area contributed by atoms with Crippen LogP contribution in [0, 0.1) is 0 Å². The Bertz CT molecular complexity index is 744. The van der Waals surface area contributed by atoms with Crippen LogP contribution in [0.15, 0.2) is 48.5 Å². The quantitative estimate of drug-likeness (QED) is 0.569. The van der Waals surface area contributed by atoms with E-state index in [2.05, 4.69) is 101 Å². The summed E-state index contributed by atoms with van der Waals surface area (Å²) in [5.41, 5.74) is 5.88. The van der Waals surface area contributed by atoms with Gasteiger partial charge in [-0.15, -0.1) is 0 Å². The van der Waals surface area contributed by atoms with Crippen molar-refractivity contribution in [3.05, 3.63) is 65.2 Å². The summed E-state index contributed by atoms with van der Waals surface area (Å²) >= 11 is 0. The van der Waals surface area contributed by atoms with Gasteiger partial charge in [-0.05, 0) is 31.2 Å². The van der Waals surface area contributed by atoms with Crippen LogP contribution in [0.2, 0.25) is 0 Å². The third-order valence-electron chi connectivity index (χ3n) is 5.65. The predicted octanol–water partition coefficient (Wildman–Crippen LogP) is 6.40. The molecule has 1 nitrogen and oxygen atoms in total. The molecule has 0 saturated carbocycles. The molecular weight excluding hydrogens is 302 g/mol. The summed E-state index contributed by atoms with van der Waals surface area (Å²) in [4.78, 5) is 0. The smallest absolute Gasteiger partial charge is 0.199 e.